The molecule has 3 heterocycles. The maximum Gasteiger partial charge on any atom is 0.256 e. The second kappa shape index (κ2) is 3.94. The van der Waals surface area contributed by atoms with Crippen LogP contribution in [0.15, 0.2) is 30.6 Å². The van der Waals surface area contributed by atoms with Crippen LogP contribution in [0.25, 0.3) is 0 Å². The fraction of sp³-hybridized carbons (Fsp3) is 0.308. The van der Waals surface area contributed by atoms with Gasteiger partial charge in [0.15, 0.2) is 0 Å². The third-order valence-electron chi connectivity index (χ3n) is 3.40. The predicted molar refractivity (Wildman–Crippen MR) is 64.4 cm³/mol. The molecule has 1 atom stereocenters. The molecule has 5 heteroatoms. The predicted octanol–water partition coefficient (Wildman–Crippen LogP) is 0.830. The van der Waals surface area contributed by atoms with Gasteiger partial charge in [-0.25, -0.2) is 0 Å². The normalized spacial score (nSPS) is 23.0. The summed E-state index contributed by atoms with van der Waals surface area (Å²) in [6.45, 7) is 4.15. The summed E-state index contributed by atoms with van der Waals surface area (Å²) < 4.78 is 0. The zero-order chi connectivity index (χ0) is 12.7. The number of nitrogens with zero attached hydrogens (tertiary/aromatic N) is 2. The van der Waals surface area contributed by atoms with Gasteiger partial charge in [-0.1, -0.05) is 6.58 Å². The van der Waals surface area contributed by atoms with Gasteiger partial charge in [-0.15, -0.1) is 0 Å². The van der Waals surface area contributed by atoms with Gasteiger partial charge in [0.05, 0.1) is 17.8 Å². The number of fused-ring (bicyclic) bond motifs is 1. The summed E-state index contributed by atoms with van der Waals surface area (Å²) in [4.78, 5) is 29.9. The lowest BCUT2D eigenvalue weighted by Gasteiger charge is -2.30. The molecule has 2 aliphatic rings. The van der Waals surface area contributed by atoms with E-state index in [1.165, 1.54) is 0 Å². The average Bonchev–Trinajstić information content (AvgIpc) is 2.68. The van der Waals surface area contributed by atoms with Gasteiger partial charge in [-0.05, 0) is 25.0 Å². The number of amides is 2. The number of hydrogen-bond donors (Lipinski definition) is 1. The van der Waals surface area contributed by atoms with Crippen LogP contribution < -0.4 is 5.32 Å². The molecule has 1 saturated heterocycles. The molecule has 0 aliphatic carbocycles. The molecule has 0 spiro atoms. The van der Waals surface area contributed by atoms with Gasteiger partial charge in [-0.3, -0.25) is 14.6 Å². The Hall–Kier alpha value is -2.17. The SMILES string of the molecule is C=C1CCC(N2Cc3ncccc3C2=O)C(=O)N1. The standard InChI is InChI=1S/C13H13N3O2/c1-8-4-5-11(12(17)15-8)16-7-10-9(13(16)18)3-2-6-14-10/h2-3,6,11H,1,4-5,7H2,(H,15,17). The van der Waals surface area contributed by atoms with Crippen molar-refractivity contribution in [2.24, 2.45) is 0 Å². The molecule has 1 fully saturated rings. The molecule has 0 radical (unpaired) electrons. The second-order valence-corrected chi connectivity index (χ2v) is 4.58. The number of piperidine rings is 1. The molecule has 1 aromatic rings. The summed E-state index contributed by atoms with van der Waals surface area (Å²) in [5, 5.41) is 2.71. The van der Waals surface area contributed by atoms with Crippen LogP contribution in [0.3, 0.4) is 0 Å². The van der Waals surface area contributed by atoms with Gasteiger partial charge in [-0.2, -0.15) is 0 Å². The van der Waals surface area contributed by atoms with E-state index >= 15 is 0 Å². The summed E-state index contributed by atoms with van der Waals surface area (Å²) in [6, 6.07) is 3.09. The Morgan fingerprint density at radius 3 is 3.00 bits per heavy atom. The second-order valence-electron chi connectivity index (χ2n) is 4.58. The van der Waals surface area contributed by atoms with E-state index in [1.807, 2.05) is 0 Å². The number of nitrogens with one attached hydrogen (secondary N) is 1. The minimum Gasteiger partial charge on any atom is -0.329 e. The number of allylic oxidation sites excluding steroid dienone is 1. The van der Waals surface area contributed by atoms with Gasteiger partial charge in [0.25, 0.3) is 5.91 Å². The lowest BCUT2D eigenvalue weighted by Crippen LogP contribution is -2.49. The van der Waals surface area contributed by atoms with Gasteiger partial charge in [0.1, 0.15) is 6.04 Å². The highest BCUT2D eigenvalue weighted by Crippen LogP contribution is 2.26. The fourth-order valence-electron chi connectivity index (χ4n) is 2.46. The van der Waals surface area contributed by atoms with Crippen LogP contribution in [-0.4, -0.2) is 27.7 Å². The molecule has 0 bridgehead atoms. The highest BCUT2D eigenvalue weighted by molar-refractivity contribution is 6.00. The quantitative estimate of drug-likeness (QED) is 0.794. The summed E-state index contributed by atoms with van der Waals surface area (Å²) >= 11 is 0. The average molecular weight is 243 g/mol. The van der Waals surface area contributed by atoms with Crippen molar-refractivity contribution in [3.8, 4) is 0 Å². The van der Waals surface area contributed by atoms with Crippen LogP contribution in [0.1, 0.15) is 28.9 Å². The molecule has 0 aromatic carbocycles. The molecule has 1 N–H and O–H groups in total. The maximum atomic E-state index is 12.2. The molecular formula is C13H13N3O2. The van der Waals surface area contributed by atoms with Crippen LogP contribution >= 0.6 is 0 Å². The Morgan fingerprint density at radius 1 is 1.44 bits per heavy atom. The molecule has 0 saturated carbocycles. The van der Waals surface area contributed by atoms with Crippen LogP contribution in [0, 0.1) is 0 Å². The number of rotatable bonds is 1. The van der Waals surface area contributed by atoms with Gasteiger partial charge in [0.2, 0.25) is 5.91 Å². The first-order chi connectivity index (χ1) is 8.66. The Kier molecular flexibility index (Phi) is 2.40. The molecule has 3 rings (SSSR count). The fourth-order valence-corrected chi connectivity index (χ4v) is 2.46. The third-order valence-corrected chi connectivity index (χ3v) is 3.40. The van der Waals surface area contributed by atoms with Crippen LogP contribution in [-0.2, 0) is 11.3 Å². The van der Waals surface area contributed by atoms with Crippen LogP contribution in [0.4, 0.5) is 0 Å². The zero-order valence-electron chi connectivity index (χ0n) is 9.85. The van der Waals surface area contributed by atoms with E-state index < -0.39 is 6.04 Å². The van der Waals surface area contributed by atoms with Crippen molar-refractivity contribution < 1.29 is 9.59 Å². The molecule has 92 valence electrons. The van der Waals surface area contributed by atoms with E-state index in [0.29, 0.717) is 24.9 Å². The van der Waals surface area contributed by atoms with E-state index in [-0.39, 0.29) is 11.8 Å². The van der Waals surface area contributed by atoms with E-state index in [9.17, 15) is 9.59 Å². The Labute approximate surface area is 105 Å². The van der Waals surface area contributed by atoms with E-state index in [0.717, 1.165) is 11.4 Å². The molecule has 2 amide bonds. The van der Waals surface area contributed by atoms with Gasteiger partial charge < -0.3 is 10.2 Å². The topological polar surface area (TPSA) is 62.3 Å². The smallest absolute Gasteiger partial charge is 0.256 e. The Morgan fingerprint density at radius 2 is 2.28 bits per heavy atom. The molecular weight excluding hydrogens is 230 g/mol. The monoisotopic (exact) mass is 243 g/mol. The van der Waals surface area contributed by atoms with Gasteiger partial charge in [0, 0.05) is 11.9 Å². The Balaban J connectivity index is 1.86. The number of hydrogen-bond acceptors (Lipinski definition) is 3. The molecule has 1 aromatic heterocycles. The molecule has 2 aliphatic heterocycles. The first-order valence-electron chi connectivity index (χ1n) is 5.90. The number of carbonyl (C=O) groups is 2. The summed E-state index contributed by atoms with van der Waals surface area (Å²) in [7, 11) is 0. The van der Waals surface area contributed by atoms with E-state index in [4.69, 9.17) is 0 Å². The molecule has 1 unspecified atom stereocenters. The van der Waals surface area contributed by atoms with Crippen molar-refractivity contribution in [2.45, 2.75) is 25.4 Å². The largest absolute Gasteiger partial charge is 0.329 e. The van der Waals surface area contributed by atoms with Crippen molar-refractivity contribution in [2.75, 3.05) is 0 Å². The minimum atomic E-state index is -0.405. The van der Waals surface area contributed by atoms with Crippen molar-refractivity contribution >= 4 is 11.8 Å². The maximum absolute atomic E-state index is 12.2. The van der Waals surface area contributed by atoms with Crippen molar-refractivity contribution in [1.82, 2.24) is 15.2 Å². The van der Waals surface area contributed by atoms with Crippen molar-refractivity contribution in [3.05, 3.63) is 41.9 Å². The van der Waals surface area contributed by atoms with Gasteiger partial charge >= 0.3 is 0 Å². The number of aromatic nitrogens is 1. The van der Waals surface area contributed by atoms with E-state index in [2.05, 4.69) is 16.9 Å². The van der Waals surface area contributed by atoms with E-state index in [1.54, 1.807) is 23.2 Å². The minimum absolute atomic E-state index is 0.106. The summed E-state index contributed by atoms with van der Waals surface area (Å²) in [5.74, 6) is -0.252. The highest BCUT2D eigenvalue weighted by atomic mass is 16.2. The number of carbonyl (C=O) groups excluding carboxylic acids is 2. The first-order valence-corrected chi connectivity index (χ1v) is 5.90. The summed E-state index contributed by atoms with van der Waals surface area (Å²) in [6.07, 6.45) is 3.01. The number of pyridine rings is 1. The van der Waals surface area contributed by atoms with Crippen LogP contribution in [0.2, 0.25) is 0 Å². The summed E-state index contributed by atoms with van der Waals surface area (Å²) in [5.41, 5.74) is 2.08. The van der Waals surface area contributed by atoms with Crippen molar-refractivity contribution in [1.29, 1.82) is 0 Å². The highest BCUT2D eigenvalue weighted by Gasteiger charge is 2.38. The lowest BCUT2D eigenvalue weighted by atomic mass is 10.0. The molecule has 18 heavy (non-hydrogen) atoms. The lowest BCUT2D eigenvalue weighted by molar-refractivity contribution is -0.126. The van der Waals surface area contributed by atoms with Crippen molar-refractivity contribution in [3.63, 3.8) is 0 Å². The first kappa shape index (κ1) is 11.0. The third kappa shape index (κ3) is 1.59. The molecule has 5 nitrogen and oxygen atoms in total. The zero-order valence-corrected chi connectivity index (χ0v) is 9.85. The Bertz CT molecular complexity index is 553. The van der Waals surface area contributed by atoms with Crippen LogP contribution in [0.5, 0.6) is 0 Å².